The maximum atomic E-state index is 11.4. The van der Waals surface area contributed by atoms with Crippen molar-refractivity contribution in [2.75, 3.05) is 74.5 Å². The Hall–Kier alpha value is -1.49. The Bertz CT molecular complexity index is 1050. The van der Waals surface area contributed by atoms with Gasteiger partial charge in [0.2, 0.25) is 5.95 Å². The molecular weight excluding hydrogens is 575 g/mol. The summed E-state index contributed by atoms with van der Waals surface area (Å²) in [5.74, 6) is 3.41. The summed E-state index contributed by atoms with van der Waals surface area (Å²) in [5.41, 5.74) is 6.31. The van der Waals surface area contributed by atoms with Gasteiger partial charge in [0.25, 0.3) is 0 Å². The van der Waals surface area contributed by atoms with Crippen LogP contribution in [-0.4, -0.2) is 94.8 Å². The van der Waals surface area contributed by atoms with E-state index in [4.69, 9.17) is 10.7 Å². The SMILES string of the molecule is Nc1cc(N2CCN(CCCP(=O)(O)O)C3(CCCC3)C2)nc(NCC2CCC(CNCCCNC3CCCCC3)CC2)n1. The summed E-state index contributed by atoms with van der Waals surface area (Å²) < 4.78 is 11.4. The standard InChI is InChI=1S/C32H59N8O3P/c33-29-22-30(39-19-20-40(18-7-21-44(41,42)43)32(25-39)14-4-5-15-32)38-31(37-29)36-24-27-12-10-26(11-13-27)23-34-16-6-17-35-28-8-2-1-3-9-28/h22,26-28,34-35H,1-21,23-25H2,(H2,41,42,43)(H3,33,36,37,38). The fourth-order valence-corrected chi connectivity index (χ4v) is 8.79. The van der Waals surface area contributed by atoms with Gasteiger partial charge >= 0.3 is 7.60 Å². The average molecular weight is 635 g/mol. The third-order valence-corrected chi connectivity index (χ3v) is 11.7. The zero-order chi connectivity index (χ0) is 30.8. The molecule has 2 heterocycles. The second kappa shape index (κ2) is 16.4. The van der Waals surface area contributed by atoms with Crippen LogP contribution in [0.5, 0.6) is 0 Å². The lowest BCUT2D eigenvalue weighted by Gasteiger charge is -2.50. The van der Waals surface area contributed by atoms with E-state index < -0.39 is 7.60 Å². The van der Waals surface area contributed by atoms with Gasteiger partial charge in [-0.05, 0) is 102 Å². The molecule has 5 rings (SSSR count). The van der Waals surface area contributed by atoms with Crippen molar-refractivity contribution in [1.29, 1.82) is 0 Å². The minimum atomic E-state index is -3.96. The molecule has 0 atom stereocenters. The van der Waals surface area contributed by atoms with Crippen LogP contribution >= 0.6 is 7.60 Å². The molecule has 1 aromatic heterocycles. The molecule has 0 aromatic carbocycles. The summed E-state index contributed by atoms with van der Waals surface area (Å²) in [6, 6.07) is 2.65. The summed E-state index contributed by atoms with van der Waals surface area (Å²) in [4.78, 5) is 32.9. The van der Waals surface area contributed by atoms with Crippen LogP contribution in [0.3, 0.4) is 0 Å². The van der Waals surface area contributed by atoms with Gasteiger partial charge in [-0.15, -0.1) is 0 Å². The molecule has 7 N–H and O–H groups in total. The lowest BCUT2D eigenvalue weighted by Crippen LogP contribution is -2.61. The first-order valence-electron chi connectivity index (χ1n) is 17.7. The number of hydrogen-bond acceptors (Lipinski definition) is 9. The van der Waals surface area contributed by atoms with Gasteiger partial charge in [-0.1, -0.05) is 32.1 Å². The van der Waals surface area contributed by atoms with Crippen LogP contribution in [0.1, 0.15) is 96.3 Å². The Labute approximate surface area is 265 Å². The number of piperazine rings is 1. The van der Waals surface area contributed by atoms with Gasteiger partial charge in [0.15, 0.2) is 0 Å². The van der Waals surface area contributed by atoms with E-state index in [2.05, 4.69) is 30.7 Å². The molecule has 0 radical (unpaired) electrons. The van der Waals surface area contributed by atoms with Crippen molar-refractivity contribution in [1.82, 2.24) is 25.5 Å². The van der Waals surface area contributed by atoms with E-state index in [1.54, 1.807) is 0 Å². The predicted molar refractivity (Wildman–Crippen MR) is 179 cm³/mol. The van der Waals surface area contributed by atoms with Gasteiger partial charge in [0, 0.05) is 43.8 Å². The van der Waals surface area contributed by atoms with Gasteiger partial charge in [0.1, 0.15) is 11.6 Å². The fourth-order valence-electron chi connectivity index (χ4n) is 8.23. The maximum absolute atomic E-state index is 11.4. The highest BCUT2D eigenvalue weighted by Crippen LogP contribution is 2.41. The average Bonchev–Trinajstić information content (AvgIpc) is 3.47. The highest BCUT2D eigenvalue weighted by molar-refractivity contribution is 7.51. The van der Waals surface area contributed by atoms with Crippen LogP contribution in [0.25, 0.3) is 0 Å². The summed E-state index contributed by atoms with van der Waals surface area (Å²) in [7, 11) is -3.96. The number of nitrogens with zero attached hydrogens (tertiary/aromatic N) is 4. The van der Waals surface area contributed by atoms with Crippen LogP contribution in [-0.2, 0) is 4.57 Å². The molecule has 0 amide bonds. The molecule has 0 bridgehead atoms. The van der Waals surface area contributed by atoms with Gasteiger partial charge in [-0.25, -0.2) is 0 Å². The number of nitrogen functional groups attached to an aromatic ring is 1. The molecule has 1 aromatic rings. The molecule has 3 aliphatic carbocycles. The monoisotopic (exact) mass is 634 g/mol. The van der Waals surface area contributed by atoms with Crippen molar-refractivity contribution >= 4 is 25.2 Å². The second-order valence-electron chi connectivity index (χ2n) is 14.2. The molecule has 3 saturated carbocycles. The highest BCUT2D eigenvalue weighted by atomic mass is 31.2. The van der Waals surface area contributed by atoms with E-state index in [1.807, 2.05) is 6.07 Å². The van der Waals surface area contributed by atoms with Crippen molar-refractivity contribution in [3.8, 4) is 0 Å². The van der Waals surface area contributed by atoms with Gasteiger partial charge in [-0.3, -0.25) is 9.46 Å². The van der Waals surface area contributed by atoms with E-state index >= 15 is 0 Å². The summed E-state index contributed by atoms with van der Waals surface area (Å²) in [6.45, 7) is 7.57. The summed E-state index contributed by atoms with van der Waals surface area (Å²) in [5, 5.41) is 11.0. The Morgan fingerprint density at radius 1 is 0.909 bits per heavy atom. The van der Waals surface area contributed by atoms with E-state index in [0.717, 1.165) is 83.0 Å². The highest BCUT2D eigenvalue weighted by Gasteiger charge is 2.44. The number of nitrogens with two attached hydrogens (primary N) is 1. The molecule has 4 aliphatic rings. The topological polar surface area (TPSA) is 152 Å². The van der Waals surface area contributed by atoms with Gasteiger partial charge in [0.05, 0.1) is 6.16 Å². The molecule has 0 unspecified atom stereocenters. The number of rotatable bonds is 15. The van der Waals surface area contributed by atoms with E-state index in [1.165, 1.54) is 77.0 Å². The largest absolute Gasteiger partial charge is 0.383 e. The van der Waals surface area contributed by atoms with E-state index in [9.17, 15) is 14.4 Å². The van der Waals surface area contributed by atoms with Crippen LogP contribution in [0, 0.1) is 11.8 Å². The predicted octanol–water partition coefficient (Wildman–Crippen LogP) is 4.18. The maximum Gasteiger partial charge on any atom is 0.325 e. The second-order valence-corrected chi connectivity index (χ2v) is 15.9. The quantitative estimate of drug-likeness (QED) is 0.122. The minimum Gasteiger partial charge on any atom is -0.383 e. The number of hydrogen-bond donors (Lipinski definition) is 6. The zero-order valence-electron chi connectivity index (χ0n) is 26.9. The molecule has 12 heteroatoms. The smallest absolute Gasteiger partial charge is 0.325 e. The minimum absolute atomic E-state index is 0.0414. The molecule has 11 nitrogen and oxygen atoms in total. The molecule has 44 heavy (non-hydrogen) atoms. The summed E-state index contributed by atoms with van der Waals surface area (Å²) in [6.07, 6.45) is 18.3. The van der Waals surface area contributed by atoms with Crippen molar-refractivity contribution in [3.63, 3.8) is 0 Å². The Balaban J connectivity index is 1.02. The van der Waals surface area contributed by atoms with E-state index in [-0.39, 0.29) is 11.7 Å². The van der Waals surface area contributed by atoms with E-state index in [0.29, 0.717) is 24.1 Å². The van der Waals surface area contributed by atoms with Crippen molar-refractivity contribution in [3.05, 3.63) is 6.07 Å². The lowest BCUT2D eigenvalue weighted by molar-refractivity contribution is 0.0775. The Morgan fingerprint density at radius 2 is 1.64 bits per heavy atom. The number of aromatic nitrogens is 2. The van der Waals surface area contributed by atoms with Crippen molar-refractivity contribution < 1.29 is 14.4 Å². The molecule has 4 fully saturated rings. The Kier molecular flexibility index (Phi) is 12.6. The molecule has 250 valence electrons. The van der Waals surface area contributed by atoms with Crippen LogP contribution in [0.15, 0.2) is 6.07 Å². The first kappa shape index (κ1) is 33.9. The number of nitrogens with one attached hydrogen (secondary N) is 3. The van der Waals surface area contributed by atoms with Crippen LogP contribution in [0.4, 0.5) is 17.6 Å². The molecular formula is C32H59N8O3P. The van der Waals surface area contributed by atoms with Crippen molar-refractivity contribution in [2.24, 2.45) is 11.8 Å². The fraction of sp³-hybridized carbons (Fsp3) is 0.875. The third kappa shape index (κ3) is 10.3. The van der Waals surface area contributed by atoms with Crippen LogP contribution < -0.4 is 26.6 Å². The molecule has 1 saturated heterocycles. The van der Waals surface area contributed by atoms with Crippen LogP contribution in [0.2, 0.25) is 0 Å². The first-order chi connectivity index (χ1) is 21.3. The Morgan fingerprint density at radius 3 is 2.36 bits per heavy atom. The van der Waals surface area contributed by atoms with Gasteiger partial charge in [-0.2, -0.15) is 9.97 Å². The van der Waals surface area contributed by atoms with Gasteiger partial charge < -0.3 is 36.4 Å². The third-order valence-electron chi connectivity index (χ3n) is 10.8. The molecule has 1 spiro atoms. The first-order valence-corrected chi connectivity index (χ1v) is 19.4. The zero-order valence-corrected chi connectivity index (χ0v) is 27.8. The summed E-state index contributed by atoms with van der Waals surface area (Å²) >= 11 is 0. The lowest BCUT2D eigenvalue weighted by atomic mass is 9.82. The van der Waals surface area contributed by atoms with Crippen molar-refractivity contribution in [2.45, 2.75) is 108 Å². The normalized spacial score (nSPS) is 25.1. The molecule has 1 aliphatic heterocycles. The number of anilines is 3.